The number of fused-ring (bicyclic) bond motifs is 2. The quantitative estimate of drug-likeness (QED) is 0.559. The number of aromatic nitrogens is 1. The topological polar surface area (TPSA) is 59.1 Å². The molecule has 1 N–H and O–H groups in total. The lowest BCUT2D eigenvalue weighted by Gasteiger charge is -2.26. The lowest BCUT2D eigenvalue weighted by Crippen LogP contribution is -2.26. The van der Waals surface area contributed by atoms with Crippen LogP contribution < -0.4 is 5.32 Å². The molecule has 0 spiro atoms. The summed E-state index contributed by atoms with van der Waals surface area (Å²) in [4.78, 5) is 30.5. The summed E-state index contributed by atoms with van der Waals surface area (Å²) in [6.07, 6.45) is 1.25. The zero-order chi connectivity index (χ0) is 17.8. The summed E-state index contributed by atoms with van der Waals surface area (Å²) in [5.74, 6) is -0.187. The maximum atomic E-state index is 12.6. The summed E-state index contributed by atoms with van der Waals surface area (Å²) in [6, 6.07) is 7.64. The molecule has 1 aromatic carbocycles. The first-order valence-corrected chi connectivity index (χ1v) is 9.86. The van der Waals surface area contributed by atoms with E-state index >= 15 is 0 Å². The molecule has 0 radical (unpaired) electrons. The number of hydrogen-bond acceptors (Lipinski definition) is 5. The van der Waals surface area contributed by atoms with Crippen LogP contribution in [0.3, 0.4) is 0 Å². The van der Waals surface area contributed by atoms with Crippen molar-refractivity contribution in [2.45, 2.75) is 26.7 Å². The van der Waals surface area contributed by atoms with Gasteiger partial charge in [-0.05, 0) is 17.9 Å². The fourth-order valence-electron chi connectivity index (χ4n) is 3.09. The molecule has 2 heterocycles. The van der Waals surface area contributed by atoms with Crippen molar-refractivity contribution in [2.75, 3.05) is 5.32 Å². The van der Waals surface area contributed by atoms with E-state index in [0.29, 0.717) is 26.3 Å². The fourth-order valence-corrected chi connectivity index (χ4v) is 5.41. The summed E-state index contributed by atoms with van der Waals surface area (Å²) < 4.78 is 0.966. The zero-order valence-corrected chi connectivity index (χ0v) is 17.3. The van der Waals surface area contributed by atoms with Crippen molar-refractivity contribution < 1.29 is 9.59 Å². The van der Waals surface area contributed by atoms with Crippen LogP contribution in [0.15, 0.2) is 24.3 Å². The van der Waals surface area contributed by atoms with Gasteiger partial charge in [-0.3, -0.25) is 14.9 Å². The smallest absolute Gasteiger partial charge is 0.269 e. The molecule has 0 atom stereocenters. The Morgan fingerprint density at radius 1 is 1.23 bits per heavy atom. The van der Waals surface area contributed by atoms with Gasteiger partial charge in [0.2, 0.25) is 0 Å². The van der Waals surface area contributed by atoms with Crippen molar-refractivity contribution >= 4 is 73.6 Å². The molecular formula is C18H16Cl2N2O2S2. The molecule has 0 saturated heterocycles. The Morgan fingerprint density at radius 2 is 1.96 bits per heavy atom. The van der Waals surface area contributed by atoms with E-state index in [1.807, 2.05) is 24.3 Å². The molecule has 0 saturated carbocycles. The Bertz CT molecular complexity index is 1020. The third-order valence-corrected chi connectivity index (χ3v) is 6.93. The third-order valence-electron chi connectivity index (χ3n) is 4.20. The molecular weight excluding hydrogens is 411 g/mol. The Labute approximate surface area is 170 Å². The van der Waals surface area contributed by atoms with E-state index in [9.17, 15) is 9.59 Å². The van der Waals surface area contributed by atoms with Gasteiger partial charge in [-0.1, -0.05) is 55.0 Å². The number of Topliss-reactive ketones (excluding diaryl/α,β-unsaturated/α-hetero) is 1. The lowest BCUT2D eigenvalue weighted by molar-refractivity contribution is 0.0915. The van der Waals surface area contributed by atoms with Gasteiger partial charge in [-0.15, -0.1) is 23.7 Å². The van der Waals surface area contributed by atoms with Crippen molar-refractivity contribution in [3.8, 4) is 0 Å². The van der Waals surface area contributed by atoms with Gasteiger partial charge in [0, 0.05) is 16.5 Å². The van der Waals surface area contributed by atoms with Gasteiger partial charge in [-0.25, -0.2) is 4.98 Å². The highest BCUT2D eigenvalue weighted by Crippen LogP contribution is 2.39. The number of nitrogens with one attached hydrogen (secondary N) is 1. The predicted octanol–water partition coefficient (Wildman–Crippen LogP) is 5.84. The SMILES string of the molecule is CC1(C)CC(=O)c2sc(NC(=O)c3sc4ccccc4c3Cl)nc2C1.Cl. The summed E-state index contributed by atoms with van der Waals surface area (Å²) in [7, 11) is 0. The second kappa shape index (κ2) is 6.93. The molecule has 136 valence electrons. The predicted molar refractivity (Wildman–Crippen MR) is 111 cm³/mol. The summed E-state index contributed by atoms with van der Waals surface area (Å²) in [6.45, 7) is 4.12. The van der Waals surface area contributed by atoms with Crippen LogP contribution in [-0.2, 0) is 6.42 Å². The number of carbonyl (C=O) groups is 2. The van der Waals surface area contributed by atoms with Gasteiger partial charge < -0.3 is 0 Å². The number of halogens is 2. The molecule has 3 aromatic rings. The minimum atomic E-state index is -0.288. The largest absolute Gasteiger partial charge is 0.297 e. The van der Waals surface area contributed by atoms with Crippen molar-refractivity contribution in [1.29, 1.82) is 0 Å². The monoisotopic (exact) mass is 426 g/mol. The standard InChI is InChI=1S/C18H15ClN2O2S2.ClH/c1-18(2)7-10-14(11(22)8-18)25-17(20-10)21-16(23)15-13(19)9-5-3-4-6-12(9)24-15;/h3-6H,7-8H2,1-2H3,(H,20,21,23);1H. The first-order chi connectivity index (χ1) is 11.8. The minimum Gasteiger partial charge on any atom is -0.297 e. The van der Waals surface area contributed by atoms with Crippen LogP contribution in [0.5, 0.6) is 0 Å². The van der Waals surface area contributed by atoms with Crippen molar-refractivity contribution in [2.24, 2.45) is 5.41 Å². The molecule has 8 heteroatoms. The van der Waals surface area contributed by atoms with Gasteiger partial charge in [0.1, 0.15) is 4.88 Å². The Balaban J connectivity index is 0.00000196. The van der Waals surface area contributed by atoms with Crippen molar-refractivity contribution in [1.82, 2.24) is 4.98 Å². The fraction of sp³-hybridized carbons (Fsp3) is 0.278. The Morgan fingerprint density at radius 3 is 2.69 bits per heavy atom. The summed E-state index contributed by atoms with van der Waals surface area (Å²) in [5.41, 5.74) is 0.692. The molecule has 0 bridgehead atoms. The van der Waals surface area contributed by atoms with Crippen LogP contribution in [0.25, 0.3) is 10.1 Å². The molecule has 0 unspecified atom stereocenters. The Kier molecular flexibility index (Phi) is 5.14. The van der Waals surface area contributed by atoms with E-state index in [2.05, 4.69) is 24.1 Å². The normalized spacial score (nSPS) is 15.4. The average Bonchev–Trinajstić information content (AvgIpc) is 3.08. The van der Waals surface area contributed by atoms with Crippen LogP contribution in [0.1, 0.15) is 45.3 Å². The number of anilines is 1. The van der Waals surface area contributed by atoms with Crippen LogP contribution in [-0.4, -0.2) is 16.7 Å². The van der Waals surface area contributed by atoms with Crippen LogP contribution in [0, 0.1) is 5.41 Å². The van der Waals surface area contributed by atoms with Gasteiger partial charge in [0.05, 0.1) is 15.6 Å². The number of ketones is 1. The van der Waals surface area contributed by atoms with Crippen LogP contribution >= 0.6 is 46.7 Å². The van der Waals surface area contributed by atoms with Gasteiger partial charge in [0.15, 0.2) is 10.9 Å². The number of carbonyl (C=O) groups excluding carboxylic acids is 2. The number of thiazole rings is 1. The number of benzene rings is 1. The summed E-state index contributed by atoms with van der Waals surface area (Å²) >= 11 is 8.96. The Hall–Kier alpha value is -1.47. The molecule has 2 aromatic heterocycles. The number of amides is 1. The second-order valence-electron chi connectivity index (χ2n) is 6.93. The van der Waals surface area contributed by atoms with Gasteiger partial charge in [0.25, 0.3) is 5.91 Å². The highest BCUT2D eigenvalue weighted by Gasteiger charge is 2.34. The number of hydrogen-bond donors (Lipinski definition) is 1. The van der Waals surface area contributed by atoms with E-state index in [-0.39, 0.29) is 29.5 Å². The zero-order valence-electron chi connectivity index (χ0n) is 14.1. The van der Waals surface area contributed by atoms with E-state index in [4.69, 9.17) is 11.6 Å². The molecule has 4 rings (SSSR count). The molecule has 4 nitrogen and oxygen atoms in total. The highest BCUT2D eigenvalue weighted by molar-refractivity contribution is 7.22. The lowest BCUT2D eigenvalue weighted by atomic mass is 9.78. The first kappa shape index (κ1) is 19.3. The maximum Gasteiger partial charge on any atom is 0.269 e. The highest BCUT2D eigenvalue weighted by atomic mass is 35.5. The minimum absolute atomic E-state index is 0. The van der Waals surface area contributed by atoms with E-state index < -0.39 is 0 Å². The molecule has 1 amide bonds. The van der Waals surface area contributed by atoms with E-state index in [1.54, 1.807) is 0 Å². The van der Waals surface area contributed by atoms with Crippen molar-refractivity contribution in [3.63, 3.8) is 0 Å². The molecule has 26 heavy (non-hydrogen) atoms. The van der Waals surface area contributed by atoms with E-state index in [1.165, 1.54) is 22.7 Å². The van der Waals surface area contributed by atoms with Gasteiger partial charge in [-0.2, -0.15) is 0 Å². The number of rotatable bonds is 2. The first-order valence-electron chi connectivity index (χ1n) is 7.85. The second-order valence-corrected chi connectivity index (χ2v) is 9.36. The van der Waals surface area contributed by atoms with Crippen LogP contribution in [0.4, 0.5) is 5.13 Å². The molecule has 0 aliphatic heterocycles. The van der Waals surface area contributed by atoms with Gasteiger partial charge >= 0.3 is 0 Å². The molecule has 1 aliphatic rings. The molecule has 0 fully saturated rings. The number of thiophene rings is 1. The number of nitrogens with zero attached hydrogens (tertiary/aromatic N) is 1. The summed E-state index contributed by atoms with van der Waals surface area (Å²) in [5, 5.41) is 4.59. The van der Waals surface area contributed by atoms with Crippen molar-refractivity contribution in [3.05, 3.63) is 44.7 Å². The maximum absolute atomic E-state index is 12.6. The van der Waals surface area contributed by atoms with Crippen LogP contribution in [0.2, 0.25) is 5.02 Å². The third kappa shape index (κ3) is 3.39. The van der Waals surface area contributed by atoms with E-state index in [0.717, 1.165) is 22.2 Å². The average molecular weight is 427 g/mol. The molecule has 1 aliphatic carbocycles.